The maximum atomic E-state index is 12.0. The summed E-state index contributed by atoms with van der Waals surface area (Å²) in [7, 11) is 0. The molecule has 0 aromatic heterocycles. The van der Waals surface area contributed by atoms with Crippen molar-refractivity contribution in [3.8, 4) is 5.75 Å². The van der Waals surface area contributed by atoms with Crippen LogP contribution in [-0.4, -0.2) is 23.7 Å². The molecule has 0 aliphatic rings. The van der Waals surface area contributed by atoms with Gasteiger partial charge in [0.15, 0.2) is 0 Å². The Morgan fingerprint density at radius 1 is 1.08 bits per heavy atom. The van der Waals surface area contributed by atoms with Crippen molar-refractivity contribution in [3.05, 3.63) is 58.6 Å². The second-order valence-corrected chi connectivity index (χ2v) is 4.66. The minimum absolute atomic E-state index is 0.0762. The number of benzene rings is 2. The van der Waals surface area contributed by atoms with Crippen LogP contribution in [0.1, 0.15) is 6.92 Å². The zero-order valence-electron chi connectivity index (χ0n) is 13.2. The molecule has 0 aliphatic carbocycles. The molecule has 0 aliphatic heterocycles. The molecule has 0 spiro atoms. The van der Waals surface area contributed by atoms with Crippen LogP contribution < -0.4 is 15.4 Å². The summed E-state index contributed by atoms with van der Waals surface area (Å²) in [5.74, 6) is 0.253. The Balaban J connectivity index is 1.97. The molecule has 9 nitrogen and oxygen atoms in total. The Morgan fingerprint density at radius 3 is 2.40 bits per heavy atom. The SMILES string of the molecule is CCOC(=O)Oc1ccc(NC(=O)Nc2ccccc2[N+](=O)[O-])cc1. The molecular weight excluding hydrogens is 330 g/mol. The number of nitro groups is 1. The van der Waals surface area contributed by atoms with Crippen LogP contribution in [0.3, 0.4) is 0 Å². The van der Waals surface area contributed by atoms with Gasteiger partial charge in [0.05, 0.1) is 11.5 Å². The maximum absolute atomic E-state index is 12.0. The third kappa shape index (κ3) is 5.20. The zero-order valence-corrected chi connectivity index (χ0v) is 13.2. The van der Waals surface area contributed by atoms with E-state index in [2.05, 4.69) is 15.4 Å². The average Bonchev–Trinajstić information content (AvgIpc) is 2.57. The van der Waals surface area contributed by atoms with Gasteiger partial charge in [-0.2, -0.15) is 0 Å². The summed E-state index contributed by atoms with van der Waals surface area (Å²) in [5.41, 5.74) is 0.274. The summed E-state index contributed by atoms with van der Waals surface area (Å²) in [4.78, 5) is 33.5. The van der Waals surface area contributed by atoms with E-state index in [9.17, 15) is 19.7 Å². The summed E-state index contributed by atoms with van der Waals surface area (Å²) in [5, 5.41) is 15.8. The number of carbonyl (C=O) groups is 2. The monoisotopic (exact) mass is 345 g/mol. The maximum Gasteiger partial charge on any atom is 0.513 e. The Labute approximate surface area is 142 Å². The van der Waals surface area contributed by atoms with Crippen molar-refractivity contribution in [2.75, 3.05) is 17.2 Å². The first-order chi connectivity index (χ1) is 12.0. The van der Waals surface area contributed by atoms with Gasteiger partial charge in [-0.15, -0.1) is 0 Å². The van der Waals surface area contributed by atoms with Crippen molar-refractivity contribution in [1.82, 2.24) is 0 Å². The van der Waals surface area contributed by atoms with Gasteiger partial charge in [0.25, 0.3) is 5.69 Å². The third-order valence-electron chi connectivity index (χ3n) is 2.92. The van der Waals surface area contributed by atoms with Crippen LogP contribution in [0.25, 0.3) is 0 Å². The van der Waals surface area contributed by atoms with Gasteiger partial charge in [0.2, 0.25) is 0 Å². The van der Waals surface area contributed by atoms with Crippen molar-refractivity contribution < 1.29 is 24.0 Å². The van der Waals surface area contributed by atoms with Gasteiger partial charge in [-0.25, -0.2) is 9.59 Å². The molecule has 0 fully saturated rings. The molecule has 0 radical (unpaired) electrons. The van der Waals surface area contributed by atoms with Crippen LogP contribution in [0.4, 0.5) is 26.7 Å². The highest BCUT2D eigenvalue weighted by Crippen LogP contribution is 2.23. The average molecular weight is 345 g/mol. The highest BCUT2D eigenvalue weighted by molar-refractivity contribution is 6.01. The number of hydrogen-bond acceptors (Lipinski definition) is 6. The second-order valence-electron chi connectivity index (χ2n) is 4.66. The van der Waals surface area contributed by atoms with Crippen molar-refractivity contribution in [3.63, 3.8) is 0 Å². The lowest BCUT2D eigenvalue weighted by atomic mass is 10.2. The summed E-state index contributed by atoms with van der Waals surface area (Å²) < 4.78 is 9.53. The molecule has 25 heavy (non-hydrogen) atoms. The number of nitrogens with one attached hydrogen (secondary N) is 2. The smallest absolute Gasteiger partial charge is 0.434 e. The van der Waals surface area contributed by atoms with Gasteiger partial charge < -0.3 is 20.1 Å². The van der Waals surface area contributed by atoms with Crippen LogP contribution in [0, 0.1) is 10.1 Å². The number of rotatable bonds is 5. The zero-order chi connectivity index (χ0) is 18.2. The third-order valence-corrected chi connectivity index (χ3v) is 2.92. The van der Waals surface area contributed by atoms with E-state index in [4.69, 9.17) is 4.74 Å². The van der Waals surface area contributed by atoms with Crippen LogP contribution in [-0.2, 0) is 4.74 Å². The molecule has 2 rings (SSSR count). The van der Waals surface area contributed by atoms with E-state index >= 15 is 0 Å². The van der Waals surface area contributed by atoms with E-state index in [-0.39, 0.29) is 23.7 Å². The van der Waals surface area contributed by atoms with Gasteiger partial charge in [-0.05, 0) is 37.3 Å². The quantitative estimate of drug-likeness (QED) is 0.368. The first-order valence-electron chi connectivity index (χ1n) is 7.25. The Morgan fingerprint density at radius 2 is 1.76 bits per heavy atom. The molecule has 0 bridgehead atoms. The summed E-state index contributed by atoms with van der Waals surface area (Å²) in [6.45, 7) is 1.86. The van der Waals surface area contributed by atoms with Crippen LogP contribution in [0.5, 0.6) is 5.75 Å². The van der Waals surface area contributed by atoms with Crippen LogP contribution in [0.15, 0.2) is 48.5 Å². The highest BCUT2D eigenvalue weighted by Gasteiger charge is 2.14. The second kappa shape index (κ2) is 8.29. The fourth-order valence-corrected chi connectivity index (χ4v) is 1.87. The highest BCUT2D eigenvalue weighted by atomic mass is 16.7. The van der Waals surface area contributed by atoms with Gasteiger partial charge in [0, 0.05) is 11.8 Å². The number of para-hydroxylation sites is 2. The lowest BCUT2D eigenvalue weighted by Crippen LogP contribution is -2.20. The first-order valence-corrected chi connectivity index (χ1v) is 7.25. The summed E-state index contributed by atoms with van der Waals surface area (Å²) in [6, 6.07) is 11.1. The summed E-state index contributed by atoms with van der Waals surface area (Å²) in [6.07, 6.45) is -0.822. The molecule has 0 atom stereocenters. The largest absolute Gasteiger partial charge is 0.513 e. The molecule has 2 N–H and O–H groups in total. The number of urea groups is 1. The fourth-order valence-electron chi connectivity index (χ4n) is 1.87. The summed E-state index contributed by atoms with van der Waals surface area (Å²) >= 11 is 0. The van der Waals surface area contributed by atoms with E-state index in [1.54, 1.807) is 13.0 Å². The van der Waals surface area contributed by atoms with E-state index < -0.39 is 17.1 Å². The lowest BCUT2D eigenvalue weighted by Gasteiger charge is -2.09. The minimum atomic E-state index is -0.822. The Kier molecular flexibility index (Phi) is 5.88. The van der Waals surface area contributed by atoms with E-state index in [1.807, 2.05) is 0 Å². The molecule has 130 valence electrons. The van der Waals surface area contributed by atoms with Crippen molar-refractivity contribution in [1.29, 1.82) is 0 Å². The number of anilines is 2. The van der Waals surface area contributed by atoms with Crippen LogP contribution >= 0.6 is 0 Å². The fraction of sp³-hybridized carbons (Fsp3) is 0.125. The number of nitro benzene ring substituents is 1. The molecule has 2 aromatic carbocycles. The topological polar surface area (TPSA) is 120 Å². The number of ether oxygens (including phenoxy) is 2. The molecule has 2 aromatic rings. The standard InChI is InChI=1S/C16H15N3O6/c1-2-24-16(21)25-12-9-7-11(8-10-12)17-15(20)18-13-5-3-4-6-14(13)19(22)23/h3-10H,2H2,1H3,(H2,17,18,20). The molecule has 0 unspecified atom stereocenters. The molecule has 0 saturated heterocycles. The van der Waals surface area contributed by atoms with E-state index in [1.165, 1.54) is 42.5 Å². The van der Waals surface area contributed by atoms with E-state index in [0.717, 1.165) is 0 Å². The van der Waals surface area contributed by atoms with Gasteiger partial charge in [0.1, 0.15) is 11.4 Å². The number of nitrogens with zero attached hydrogens (tertiary/aromatic N) is 1. The molecular formula is C16H15N3O6. The molecule has 2 amide bonds. The van der Waals surface area contributed by atoms with Crippen molar-refractivity contribution >= 4 is 29.2 Å². The molecule has 0 saturated carbocycles. The number of hydrogen-bond donors (Lipinski definition) is 2. The van der Waals surface area contributed by atoms with Crippen molar-refractivity contribution in [2.24, 2.45) is 0 Å². The van der Waals surface area contributed by atoms with Gasteiger partial charge in [-0.1, -0.05) is 12.1 Å². The normalized spacial score (nSPS) is 9.80. The lowest BCUT2D eigenvalue weighted by molar-refractivity contribution is -0.383. The van der Waals surface area contributed by atoms with Crippen molar-refractivity contribution in [2.45, 2.75) is 6.92 Å². The van der Waals surface area contributed by atoms with Gasteiger partial charge >= 0.3 is 12.2 Å². The number of carbonyl (C=O) groups excluding carboxylic acids is 2. The molecule has 9 heteroatoms. The molecule has 0 heterocycles. The Hall–Kier alpha value is -3.62. The minimum Gasteiger partial charge on any atom is -0.434 e. The predicted octanol–water partition coefficient (Wildman–Crippen LogP) is 3.77. The van der Waals surface area contributed by atoms with Gasteiger partial charge in [-0.3, -0.25) is 10.1 Å². The predicted molar refractivity (Wildman–Crippen MR) is 89.8 cm³/mol. The first kappa shape index (κ1) is 17.7. The van der Waals surface area contributed by atoms with E-state index in [0.29, 0.717) is 5.69 Å². The number of amides is 2. The Bertz CT molecular complexity index is 776. The van der Waals surface area contributed by atoms with Crippen LogP contribution in [0.2, 0.25) is 0 Å².